The number of rotatable bonds is 6. The van der Waals surface area contributed by atoms with Crippen LogP contribution in [0.3, 0.4) is 0 Å². The van der Waals surface area contributed by atoms with Gasteiger partial charge in [-0.05, 0) is 38.3 Å². The van der Waals surface area contributed by atoms with Gasteiger partial charge in [0.25, 0.3) is 0 Å². The normalized spacial score (nSPS) is 24.6. The molecule has 1 aromatic heterocycles. The van der Waals surface area contributed by atoms with Crippen LogP contribution in [0.5, 0.6) is 0 Å². The maximum absolute atomic E-state index is 12.8. The number of nitrogens with one attached hydrogen (secondary N) is 1. The van der Waals surface area contributed by atoms with Crippen LogP contribution in [0.2, 0.25) is 0 Å². The van der Waals surface area contributed by atoms with E-state index in [0.717, 1.165) is 31.6 Å². The topological polar surface area (TPSA) is 34.1 Å². The number of ether oxygens (including phenoxy) is 1. The van der Waals surface area contributed by atoms with Gasteiger partial charge in [0.1, 0.15) is 5.82 Å². The van der Waals surface area contributed by atoms with Gasteiger partial charge in [0, 0.05) is 18.7 Å². The number of hydrogen-bond donors (Lipinski definition) is 1. The number of nitrogens with zero attached hydrogens (tertiary/aromatic N) is 1. The molecule has 1 aromatic rings. The minimum atomic E-state index is -0.284. The molecule has 1 saturated carbocycles. The molecule has 0 amide bonds. The van der Waals surface area contributed by atoms with Crippen LogP contribution in [0.4, 0.5) is 4.39 Å². The van der Waals surface area contributed by atoms with Gasteiger partial charge >= 0.3 is 0 Å². The molecule has 1 aliphatic rings. The van der Waals surface area contributed by atoms with Gasteiger partial charge in [-0.15, -0.1) is 0 Å². The Bertz CT molecular complexity index is 363. The molecule has 3 nitrogen and oxygen atoms in total. The summed E-state index contributed by atoms with van der Waals surface area (Å²) >= 11 is 0. The molecule has 100 valence electrons. The summed E-state index contributed by atoms with van der Waals surface area (Å²) in [7, 11) is 0. The lowest BCUT2D eigenvalue weighted by atomic mass is 9.88. The van der Waals surface area contributed by atoms with Crippen LogP contribution >= 0.6 is 0 Å². The molecule has 18 heavy (non-hydrogen) atoms. The van der Waals surface area contributed by atoms with Crippen molar-refractivity contribution < 1.29 is 9.13 Å². The van der Waals surface area contributed by atoms with Crippen LogP contribution in [0.1, 0.15) is 44.8 Å². The Labute approximate surface area is 108 Å². The smallest absolute Gasteiger partial charge is 0.141 e. The van der Waals surface area contributed by atoms with Gasteiger partial charge < -0.3 is 10.1 Å². The molecule has 1 N–H and O–H groups in total. The Balaban J connectivity index is 1.85. The first kappa shape index (κ1) is 13.4. The van der Waals surface area contributed by atoms with Crippen LogP contribution in [-0.4, -0.2) is 23.7 Å². The van der Waals surface area contributed by atoms with E-state index in [1.165, 1.54) is 12.3 Å². The highest BCUT2D eigenvalue weighted by atomic mass is 19.1. The van der Waals surface area contributed by atoms with Crippen LogP contribution < -0.4 is 5.32 Å². The first-order chi connectivity index (χ1) is 8.72. The van der Waals surface area contributed by atoms with E-state index >= 15 is 0 Å². The van der Waals surface area contributed by atoms with E-state index in [1.807, 2.05) is 6.92 Å². The second-order valence-electron chi connectivity index (χ2n) is 4.77. The average molecular weight is 252 g/mol. The fourth-order valence-corrected chi connectivity index (χ4v) is 2.36. The Hall–Kier alpha value is -1.00. The summed E-state index contributed by atoms with van der Waals surface area (Å²) in [4.78, 5) is 4.15. The second-order valence-corrected chi connectivity index (χ2v) is 4.77. The molecule has 1 fully saturated rings. The maximum atomic E-state index is 12.8. The molecule has 0 radical (unpaired) electrons. The van der Waals surface area contributed by atoms with Crippen molar-refractivity contribution in [3.8, 4) is 0 Å². The molecule has 0 saturated heterocycles. The summed E-state index contributed by atoms with van der Waals surface area (Å²) < 4.78 is 18.4. The molecule has 1 atom stereocenters. The summed E-state index contributed by atoms with van der Waals surface area (Å²) in [6, 6.07) is 3.93. The van der Waals surface area contributed by atoms with E-state index in [1.54, 1.807) is 6.07 Å². The lowest BCUT2D eigenvalue weighted by Gasteiger charge is -2.37. The van der Waals surface area contributed by atoms with Gasteiger partial charge in [0.2, 0.25) is 0 Å². The van der Waals surface area contributed by atoms with Gasteiger partial charge in [-0.1, -0.05) is 6.92 Å². The van der Waals surface area contributed by atoms with Crippen molar-refractivity contribution in [2.75, 3.05) is 6.61 Å². The van der Waals surface area contributed by atoms with E-state index < -0.39 is 0 Å². The number of aromatic nitrogens is 1. The van der Waals surface area contributed by atoms with Crippen molar-refractivity contribution in [1.29, 1.82) is 0 Å². The fourth-order valence-electron chi connectivity index (χ4n) is 2.36. The predicted molar refractivity (Wildman–Crippen MR) is 68.8 cm³/mol. The van der Waals surface area contributed by atoms with Gasteiger partial charge in [-0.3, -0.25) is 4.98 Å². The highest BCUT2D eigenvalue weighted by molar-refractivity contribution is 5.10. The Morgan fingerprint density at radius 3 is 2.78 bits per heavy atom. The molecule has 0 aliphatic heterocycles. The number of pyridine rings is 1. The van der Waals surface area contributed by atoms with Gasteiger partial charge in [-0.2, -0.15) is 0 Å². The van der Waals surface area contributed by atoms with Crippen LogP contribution in [-0.2, 0) is 4.74 Å². The van der Waals surface area contributed by atoms with Crippen molar-refractivity contribution in [1.82, 2.24) is 10.3 Å². The molecule has 1 heterocycles. The lowest BCUT2D eigenvalue weighted by Crippen LogP contribution is -2.46. The number of halogens is 1. The van der Waals surface area contributed by atoms with E-state index in [-0.39, 0.29) is 11.9 Å². The predicted octanol–water partition coefficient (Wildman–Crippen LogP) is 2.83. The van der Waals surface area contributed by atoms with Crippen LogP contribution in [0.25, 0.3) is 0 Å². The zero-order chi connectivity index (χ0) is 13.0. The molecule has 1 aliphatic carbocycles. The quantitative estimate of drug-likeness (QED) is 0.845. The molecular formula is C14H21FN2O. The zero-order valence-corrected chi connectivity index (χ0v) is 11.0. The van der Waals surface area contributed by atoms with Crippen molar-refractivity contribution in [2.45, 2.75) is 51.3 Å². The van der Waals surface area contributed by atoms with Crippen LogP contribution in [0, 0.1) is 5.82 Å². The second kappa shape index (κ2) is 6.25. The van der Waals surface area contributed by atoms with Crippen molar-refractivity contribution in [3.05, 3.63) is 29.8 Å². The van der Waals surface area contributed by atoms with Crippen molar-refractivity contribution in [3.63, 3.8) is 0 Å². The van der Waals surface area contributed by atoms with Gasteiger partial charge in [0.15, 0.2) is 0 Å². The van der Waals surface area contributed by atoms with E-state index in [4.69, 9.17) is 4.74 Å². The minimum Gasteiger partial charge on any atom is -0.378 e. The van der Waals surface area contributed by atoms with Gasteiger partial charge in [-0.25, -0.2) is 4.39 Å². The van der Waals surface area contributed by atoms with Gasteiger partial charge in [0.05, 0.1) is 18.0 Å². The van der Waals surface area contributed by atoms with Crippen molar-refractivity contribution in [2.24, 2.45) is 0 Å². The first-order valence-electron chi connectivity index (χ1n) is 6.72. The SMILES string of the molecule is CCOC1CC(NC(CC)c2ccc(F)cn2)C1. The summed E-state index contributed by atoms with van der Waals surface area (Å²) in [6.07, 6.45) is 4.76. The third-order valence-corrected chi connectivity index (χ3v) is 3.45. The summed E-state index contributed by atoms with van der Waals surface area (Å²) in [5.41, 5.74) is 0.916. The largest absolute Gasteiger partial charge is 0.378 e. The maximum Gasteiger partial charge on any atom is 0.141 e. The minimum absolute atomic E-state index is 0.207. The Morgan fingerprint density at radius 2 is 2.22 bits per heavy atom. The van der Waals surface area contributed by atoms with E-state index in [0.29, 0.717) is 12.1 Å². The molecule has 1 unspecified atom stereocenters. The molecule has 4 heteroatoms. The average Bonchev–Trinajstić information content (AvgIpc) is 2.33. The zero-order valence-electron chi connectivity index (χ0n) is 11.0. The van der Waals surface area contributed by atoms with Crippen molar-refractivity contribution >= 4 is 0 Å². The third-order valence-electron chi connectivity index (χ3n) is 3.45. The third kappa shape index (κ3) is 3.27. The summed E-state index contributed by atoms with van der Waals surface area (Å²) in [5.74, 6) is -0.284. The highest BCUT2D eigenvalue weighted by Crippen LogP contribution is 2.26. The summed E-state index contributed by atoms with van der Waals surface area (Å²) in [5, 5.41) is 3.56. The Kier molecular flexibility index (Phi) is 4.66. The number of hydrogen-bond acceptors (Lipinski definition) is 3. The molecule has 0 spiro atoms. The lowest BCUT2D eigenvalue weighted by molar-refractivity contribution is -0.0127. The molecule has 0 aromatic carbocycles. The van der Waals surface area contributed by atoms with E-state index in [2.05, 4.69) is 17.2 Å². The highest BCUT2D eigenvalue weighted by Gasteiger charge is 2.31. The first-order valence-corrected chi connectivity index (χ1v) is 6.72. The molecule has 0 bridgehead atoms. The molecule has 2 rings (SSSR count). The standard InChI is InChI=1S/C14H21FN2O/c1-3-13(14-6-5-10(15)9-16-14)17-11-7-12(8-11)18-4-2/h5-6,9,11-13,17H,3-4,7-8H2,1-2H3. The van der Waals surface area contributed by atoms with Crippen LogP contribution in [0.15, 0.2) is 18.3 Å². The fraction of sp³-hybridized carbons (Fsp3) is 0.643. The van der Waals surface area contributed by atoms with E-state index in [9.17, 15) is 4.39 Å². The molecular weight excluding hydrogens is 231 g/mol. The summed E-state index contributed by atoms with van der Waals surface area (Å²) in [6.45, 7) is 4.92. The monoisotopic (exact) mass is 252 g/mol. The Morgan fingerprint density at radius 1 is 1.44 bits per heavy atom.